The molecule has 2 aliphatic rings. The van der Waals surface area contributed by atoms with Crippen LogP contribution in [0.5, 0.6) is 0 Å². The molecule has 0 bridgehead atoms. The van der Waals surface area contributed by atoms with Crippen LogP contribution >= 0.6 is 24.0 Å². The van der Waals surface area contributed by atoms with E-state index in [1.165, 1.54) is 0 Å². The van der Waals surface area contributed by atoms with E-state index in [9.17, 15) is 4.79 Å². The van der Waals surface area contributed by atoms with Gasteiger partial charge in [-0.25, -0.2) is 0 Å². The third-order valence-electron chi connectivity index (χ3n) is 5.23. The number of halogens is 1. The molecule has 10 heteroatoms. The minimum absolute atomic E-state index is 0. The first-order valence-corrected chi connectivity index (χ1v) is 10.5. The quantitative estimate of drug-likeness (QED) is 0.330. The van der Waals surface area contributed by atoms with E-state index in [0.29, 0.717) is 6.61 Å². The summed E-state index contributed by atoms with van der Waals surface area (Å²) in [4.78, 5) is 21.5. The first kappa shape index (κ1) is 23.8. The molecule has 164 valence electrons. The number of hydrogen-bond donors (Lipinski definition) is 1. The van der Waals surface area contributed by atoms with Crippen LogP contribution in [0.3, 0.4) is 0 Å². The number of aromatic nitrogens is 3. The van der Waals surface area contributed by atoms with Crippen LogP contribution < -0.4 is 5.32 Å². The molecule has 3 rings (SSSR count). The SMILES string of the molecule is CCCN=C(NCCn1cnnc1CC)N1CCN(C(=O)C2CCCO2)CC1.I. The Bertz CT molecular complexity index is 653. The minimum atomic E-state index is -0.227. The van der Waals surface area contributed by atoms with Crippen molar-refractivity contribution in [1.82, 2.24) is 29.9 Å². The lowest BCUT2D eigenvalue weighted by molar-refractivity contribution is -0.142. The van der Waals surface area contributed by atoms with Crippen molar-refractivity contribution in [2.45, 2.75) is 52.2 Å². The number of nitrogens with zero attached hydrogens (tertiary/aromatic N) is 6. The molecule has 1 atom stereocenters. The van der Waals surface area contributed by atoms with Gasteiger partial charge in [-0.15, -0.1) is 34.2 Å². The lowest BCUT2D eigenvalue weighted by Crippen LogP contribution is -2.55. The van der Waals surface area contributed by atoms with Crippen molar-refractivity contribution >= 4 is 35.8 Å². The number of carbonyl (C=O) groups excluding carboxylic acids is 1. The number of carbonyl (C=O) groups is 1. The number of ether oxygens (including phenoxy) is 1. The molecule has 0 aromatic carbocycles. The molecule has 1 unspecified atom stereocenters. The van der Waals surface area contributed by atoms with E-state index < -0.39 is 0 Å². The Morgan fingerprint density at radius 1 is 1.28 bits per heavy atom. The Kier molecular flexibility index (Phi) is 10.1. The number of amides is 1. The second kappa shape index (κ2) is 12.3. The number of rotatable bonds is 7. The van der Waals surface area contributed by atoms with Gasteiger partial charge in [0.25, 0.3) is 5.91 Å². The molecule has 2 saturated heterocycles. The fraction of sp³-hybridized carbons (Fsp3) is 0.789. The van der Waals surface area contributed by atoms with E-state index in [-0.39, 0.29) is 36.0 Å². The molecule has 0 aliphatic carbocycles. The van der Waals surface area contributed by atoms with Crippen LogP contribution in [-0.4, -0.2) is 88.4 Å². The van der Waals surface area contributed by atoms with E-state index in [0.717, 1.165) is 83.3 Å². The fourth-order valence-electron chi connectivity index (χ4n) is 3.63. The van der Waals surface area contributed by atoms with Gasteiger partial charge in [-0.2, -0.15) is 0 Å². The zero-order valence-electron chi connectivity index (χ0n) is 17.5. The highest BCUT2D eigenvalue weighted by atomic mass is 127. The average Bonchev–Trinajstić information content (AvgIpc) is 3.42. The summed E-state index contributed by atoms with van der Waals surface area (Å²) in [5.74, 6) is 2.07. The smallest absolute Gasteiger partial charge is 0.251 e. The second-order valence-corrected chi connectivity index (χ2v) is 7.24. The molecular weight excluding hydrogens is 485 g/mol. The lowest BCUT2D eigenvalue weighted by Gasteiger charge is -2.37. The third-order valence-corrected chi connectivity index (χ3v) is 5.23. The van der Waals surface area contributed by atoms with Crippen LogP contribution in [-0.2, 0) is 22.5 Å². The number of aliphatic imine (C=N–C) groups is 1. The Morgan fingerprint density at radius 2 is 2.03 bits per heavy atom. The van der Waals surface area contributed by atoms with Gasteiger partial charge in [0.15, 0.2) is 5.96 Å². The van der Waals surface area contributed by atoms with Gasteiger partial charge < -0.3 is 24.4 Å². The highest BCUT2D eigenvalue weighted by molar-refractivity contribution is 14.0. The Balaban J connectivity index is 0.00000300. The number of aryl methyl sites for hydroxylation is 1. The van der Waals surface area contributed by atoms with Gasteiger partial charge in [-0.3, -0.25) is 9.79 Å². The van der Waals surface area contributed by atoms with Gasteiger partial charge in [-0.05, 0) is 19.3 Å². The monoisotopic (exact) mass is 519 g/mol. The molecule has 1 aromatic rings. The van der Waals surface area contributed by atoms with Crippen molar-refractivity contribution in [1.29, 1.82) is 0 Å². The highest BCUT2D eigenvalue weighted by Crippen LogP contribution is 2.16. The molecule has 1 amide bonds. The summed E-state index contributed by atoms with van der Waals surface area (Å²) in [6.45, 7) is 10.3. The second-order valence-electron chi connectivity index (χ2n) is 7.24. The summed E-state index contributed by atoms with van der Waals surface area (Å²) in [6.07, 6.45) is 5.27. The van der Waals surface area contributed by atoms with E-state index in [1.54, 1.807) is 6.33 Å². The summed E-state index contributed by atoms with van der Waals surface area (Å²) in [6, 6.07) is 0. The zero-order valence-corrected chi connectivity index (χ0v) is 19.9. The molecule has 9 nitrogen and oxygen atoms in total. The van der Waals surface area contributed by atoms with Gasteiger partial charge in [0.05, 0.1) is 0 Å². The maximum Gasteiger partial charge on any atom is 0.251 e. The van der Waals surface area contributed by atoms with Gasteiger partial charge in [0.2, 0.25) is 0 Å². The number of hydrogen-bond acceptors (Lipinski definition) is 5. The van der Waals surface area contributed by atoms with Crippen molar-refractivity contribution in [2.75, 3.05) is 45.9 Å². The standard InChI is InChI=1S/C19H33N7O2.HI/c1-3-7-20-19(21-8-9-26-15-22-23-17(26)4-2)25-12-10-24(11-13-25)18(27)16-6-5-14-28-16;/h15-16H,3-14H2,1-2H3,(H,20,21);1H. The summed E-state index contributed by atoms with van der Waals surface area (Å²) in [5, 5.41) is 11.6. The summed E-state index contributed by atoms with van der Waals surface area (Å²) < 4.78 is 7.62. The van der Waals surface area contributed by atoms with Gasteiger partial charge in [0, 0.05) is 58.8 Å². The maximum atomic E-state index is 12.5. The van der Waals surface area contributed by atoms with Crippen LogP contribution in [0.25, 0.3) is 0 Å². The molecule has 1 N–H and O–H groups in total. The largest absolute Gasteiger partial charge is 0.368 e. The van der Waals surface area contributed by atoms with Gasteiger partial charge in [-0.1, -0.05) is 13.8 Å². The predicted octanol–water partition coefficient (Wildman–Crippen LogP) is 1.14. The van der Waals surface area contributed by atoms with Crippen LogP contribution in [0.4, 0.5) is 0 Å². The first-order valence-electron chi connectivity index (χ1n) is 10.5. The summed E-state index contributed by atoms with van der Waals surface area (Å²) in [5.41, 5.74) is 0. The van der Waals surface area contributed by atoms with Crippen molar-refractivity contribution in [3.05, 3.63) is 12.2 Å². The average molecular weight is 519 g/mol. The van der Waals surface area contributed by atoms with Crippen molar-refractivity contribution in [3.63, 3.8) is 0 Å². The van der Waals surface area contributed by atoms with Crippen LogP contribution in [0.2, 0.25) is 0 Å². The van der Waals surface area contributed by atoms with Crippen LogP contribution in [0.15, 0.2) is 11.3 Å². The highest BCUT2D eigenvalue weighted by Gasteiger charge is 2.30. The van der Waals surface area contributed by atoms with Crippen LogP contribution in [0, 0.1) is 0 Å². The number of nitrogens with one attached hydrogen (secondary N) is 1. The van der Waals surface area contributed by atoms with Crippen molar-refractivity contribution in [3.8, 4) is 0 Å². The van der Waals surface area contributed by atoms with E-state index in [2.05, 4.69) is 38.8 Å². The molecule has 3 heterocycles. The maximum absolute atomic E-state index is 12.5. The molecule has 0 spiro atoms. The summed E-state index contributed by atoms with van der Waals surface area (Å²) >= 11 is 0. The van der Waals surface area contributed by atoms with E-state index in [1.807, 2.05) is 4.90 Å². The topological polar surface area (TPSA) is 87.9 Å². The minimum Gasteiger partial charge on any atom is -0.368 e. The Labute approximate surface area is 190 Å². The Hall–Kier alpha value is -1.43. The van der Waals surface area contributed by atoms with Crippen molar-refractivity contribution < 1.29 is 9.53 Å². The zero-order chi connectivity index (χ0) is 19.8. The molecule has 29 heavy (non-hydrogen) atoms. The van der Waals surface area contributed by atoms with Gasteiger partial charge >= 0.3 is 0 Å². The molecular formula is C19H34IN7O2. The summed E-state index contributed by atoms with van der Waals surface area (Å²) in [7, 11) is 0. The predicted molar refractivity (Wildman–Crippen MR) is 123 cm³/mol. The van der Waals surface area contributed by atoms with Crippen molar-refractivity contribution in [2.24, 2.45) is 4.99 Å². The number of guanidine groups is 1. The molecule has 1 aromatic heterocycles. The van der Waals surface area contributed by atoms with E-state index >= 15 is 0 Å². The fourth-order valence-corrected chi connectivity index (χ4v) is 3.63. The molecule has 2 aliphatic heterocycles. The number of piperazine rings is 1. The molecule has 2 fully saturated rings. The first-order chi connectivity index (χ1) is 13.7. The van der Waals surface area contributed by atoms with Gasteiger partial charge in [0.1, 0.15) is 18.3 Å². The van der Waals surface area contributed by atoms with Crippen LogP contribution in [0.1, 0.15) is 38.9 Å². The Morgan fingerprint density at radius 3 is 2.69 bits per heavy atom. The normalized spacial score (nSPS) is 19.9. The van der Waals surface area contributed by atoms with E-state index in [4.69, 9.17) is 9.73 Å². The lowest BCUT2D eigenvalue weighted by atomic mass is 10.2. The molecule has 0 radical (unpaired) electrons. The molecule has 0 saturated carbocycles. The third kappa shape index (κ3) is 6.53.